The zero-order valence-electron chi connectivity index (χ0n) is 11.0. The number of nitriles is 1. The van der Waals surface area contributed by atoms with Gasteiger partial charge in [0.15, 0.2) is 0 Å². The minimum absolute atomic E-state index is 0.234. The predicted molar refractivity (Wildman–Crippen MR) is 65.0 cm³/mol. The maximum absolute atomic E-state index is 8.97. The Morgan fingerprint density at radius 3 is 2.31 bits per heavy atom. The molecule has 3 heteroatoms. The first-order valence-corrected chi connectivity index (χ1v) is 6.11. The van der Waals surface area contributed by atoms with Gasteiger partial charge in [0, 0.05) is 19.8 Å². The summed E-state index contributed by atoms with van der Waals surface area (Å²) in [7, 11) is 0. The Hall–Kier alpha value is -0.590. The molecule has 1 aliphatic rings. The molecule has 0 radical (unpaired) electrons. The van der Waals surface area contributed by atoms with E-state index in [1.165, 1.54) is 0 Å². The standard InChI is InChI=1S/C13H24N2O/c1-12(2,10-15-13(3,4)9-14)11-5-7-16-8-6-11/h11,15H,5-8,10H2,1-4H3. The van der Waals surface area contributed by atoms with Crippen LogP contribution in [0.3, 0.4) is 0 Å². The second-order valence-electron chi connectivity index (χ2n) is 5.97. The van der Waals surface area contributed by atoms with Gasteiger partial charge in [0.05, 0.1) is 6.07 Å². The Kier molecular flexibility index (Phi) is 4.35. The lowest BCUT2D eigenvalue weighted by Gasteiger charge is -2.38. The Morgan fingerprint density at radius 1 is 1.25 bits per heavy atom. The summed E-state index contributed by atoms with van der Waals surface area (Å²) in [6.45, 7) is 11.1. The van der Waals surface area contributed by atoms with E-state index in [1.807, 2.05) is 13.8 Å². The Morgan fingerprint density at radius 2 is 1.81 bits per heavy atom. The van der Waals surface area contributed by atoms with Crippen molar-refractivity contribution in [3.05, 3.63) is 0 Å². The van der Waals surface area contributed by atoms with Gasteiger partial charge in [-0.3, -0.25) is 5.32 Å². The fourth-order valence-electron chi connectivity index (χ4n) is 2.11. The molecule has 1 saturated heterocycles. The van der Waals surface area contributed by atoms with Gasteiger partial charge in [-0.1, -0.05) is 13.8 Å². The summed E-state index contributed by atoms with van der Waals surface area (Å²) in [6, 6.07) is 2.28. The van der Waals surface area contributed by atoms with Gasteiger partial charge in [0.1, 0.15) is 5.54 Å². The van der Waals surface area contributed by atoms with Crippen molar-refractivity contribution in [2.75, 3.05) is 19.8 Å². The second-order valence-corrected chi connectivity index (χ2v) is 5.97. The lowest BCUT2D eigenvalue weighted by Crippen LogP contribution is -2.46. The molecule has 0 aromatic heterocycles. The van der Waals surface area contributed by atoms with Crippen LogP contribution in [0.25, 0.3) is 0 Å². The van der Waals surface area contributed by atoms with Crippen LogP contribution in [0.5, 0.6) is 0 Å². The molecule has 0 aromatic rings. The van der Waals surface area contributed by atoms with Crippen LogP contribution in [0.1, 0.15) is 40.5 Å². The van der Waals surface area contributed by atoms with Crippen LogP contribution < -0.4 is 5.32 Å². The molecule has 16 heavy (non-hydrogen) atoms. The number of nitrogens with zero attached hydrogens (tertiary/aromatic N) is 1. The van der Waals surface area contributed by atoms with E-state index in [1.54, 1.807) is 0 Å². The van der Waals surface area contributed by atoms with Crippen molar-refractivity contribution in [3.8, 4) is 6.07 Å². The number of rotatable bonds is 4. The van der Waals surface area contributed by atoms with E-state index >= 15 is 0 Å². The van der Waals surface area contributed by atoms with Crippen molar-refractivity contribution in [2.45, 2.75) is 46.1 Å². The first kappa shape index (κ1) is 13.5. The van der Waals surface area contributed by atoms with E-state index in [2.05, 4.69) is 25.2 Å². The molecule has 0 saturated carbocycles. The highest BCUT2D eigenvalue weighted by Gasteiger charge is 2.32. The van der Waals surface area contributed by atoms with Crippen LogP contribution in [-0.2, 0) is 4.74 Å². The number of ether oxygens (including phenoxy) is 1. The molecule has 0 bridgehead atoms. The molecule has 0 unspecified atom stereocenters. The monoisotopic (exact) mass is 224 g/mol. The van der Waals surface area contributed by atoms with Crippen molar-refractivity contribution < 1.29 is 4.74 Å². The molecule has 92 valence electrons. The van der Waals surface area contributed by atoms with E-state index in [4.69, 9.17) is 10.00 Å². The van der Waals surface area contributed by atoms with Gasteiger partial charge in [0.25, 0.3) is 0 Å². The average molecular weight is 224 g/mol. The molecule has 0 amide bonds. The zero-order chi connectivity index (χ0) is 12.2. The Balaban J connectivity index is 2.47. The normalized spacial score (nSPS) is 19.4. The Bertz CT molecular complexity index is 260. The smallest absolute Gasteiger partial charge is 0.101 e. The molecule has 1 heterocycles. The summed E-state index contributed by atoms with van der Waals surface area (Å²) in [5, 5.41) is 12.3. The van der Waals surface area contributed by atoms with Gasteiger partial charge >= 0.3 is 0 Å². The summed E-state index contributed by atoms with van der Waals surface area (Å²) >= 11 is 0. The lowest BCUT2D eigenvalue weighted by atomic mass is 9.74. The van der Waals surface area contributed by atoms with E-state index in [0.717, 1.165) is 32.6 Å². The summed E-state index contributed by atoms with van der Waals surface area (Å²) in [6.07, 6.45) is 2.28. The number of hydrogen-bond donors (Lipinski definition) is 1. The van der Waals surface area contributed by atoms with Gasteiger partial charge in [-0.2, -0.15) is 5.26 Å². The molecule has 0 spiro atoms. The first-order chi connectivity index (χ1) is 7.37. The molecule has 0 aromatic carbocycles. The third-order valence-electron chi connectivity index (χ3n) is 3.59. The highest BCUT2D eigenvalue weighted by Crippen LogP contribution is 2.34. The van der Waals surface area contributed by atoms with Crippen LogP contribution >= 0.6 is 0 Å². The third-order valence-corrected chi connectivity index (χ3v) is 3.59. The van der Waals surface area contributed by atoms with Crippen molar-refractivity contribution in [1.29, 1.82) is 5.26 Å². The summed E-state index contributed by atoms with van der Waals surface area (Å²) in [5.41, 5.74) is -0.194. The van der Waals surface area contributed by atoms with E-state index in [-0.39, 0.29) is 5.41 Å². The summed E-state index contributed by atoms with van der Waals surface area (Å²) in [4.78, 5) is 0. The van der Waals surface area contributed by atoms with Crippen molar-refractivity contribution in [2.24, 2.45) is 11.3 Å². The molecular weight excluding hydrogens is 200 g/mol. The van der Waals surface area contributed by atoms with Crippen LogP contribution in [0, 0.1) is 22.7 Å². The summed E-state index contributed by atoms with van der Waals surface area (Å²) in [5.74, 6) is 0.697. The number of hydrogen-bond acceptors (Lipinski definition) is 3. The summed E-state index contributed by atoms with van der Waals surface area (Å²) < 4.78 is 5.39. The van der Waals surface area contributed by atoms with Gasteiger partial charge in [0.2, 0.25) is 0 Å². The molecule has 1 aliphatic heterocycles. The van der Waals surface area contributed by atoms with Crippen LogP contribution in [-0.4, -0.2) is 25.3 Å². The molecule has 3 nitrogen and oxygen atoms in total. The second kappa shape index (κ2) is 5.16. The van der Waals surface area contributed by atoms with E-state index < -0.39 is 5.54 Å². The SMILES string of the molecule is CC(C)(C#N)NCC(C)(C)C1CCOCC1. The zero-order valence-corrected chi connectivity index (χ0v) is 11.0. The topological polar surface area (TPSA) is 45.0 Å². The van der Waals surface area contributed by atoms with Crippen molar-refractivity contribution in [3.63, 3.8) is 0 Å². The maximum Gasteiger partial charge on any atom is 0.101 e. The van der Waals surface area contributed by atoms with Gasteiger partial charge in [-0.15, -0.1) is 0 Å². The quantitative estimate of drug-likeness (QED) is 0.797. The van der Waals surface area contributed by atoms with Crippen LogP contribution in [0.2, 0.25) is 0 Å². The molecule has 1 N–H and O–H groups in total. The van der Waals surface area contributed by atoms with E-state index in [0.29, 0.717) is 5.92 Å². The minimum atomic E-state index is -0.428. The van der Waals surface area contributed by atoms with Crippen LogP contribution in [0.15, 0.2) is 0 Å². The molecule has 1 fully saturated rings. The van der Waals surface area contributed by atoms with Gasteiger partial charge in [-0.25, -0.2) is 0 Å². The largest absolute Gasteiger partial charge is 0.381 e. The minimum Gasteiger partial charge on any atom is -0.381 e. The van der Waals surface area contributed by atoms with E-state index in [9.17, 15) is 0 Å². The average Bonchev–Trinajstić information content (AvgIpc) is 2.28. The molecule has 0 aliphatic carbocycles. The molecular formula is C13H24N2O. The molecule has 0 atom stereocenters. The van der Waals surface area contributed by atoms with Gasteiger partial charge < -0.3 is 4.74 Å². The van der Waals surface area contributed by atoms with Crippen LogP contribution in [0.4, 0.5) is 0 Å². The fraction of sp³-hybridized carbons (Fsp3) is 0.923. The number of nitrogens with one attached hydrogen (secondary N) is 1. The van der Waals surface area contributed by atoms with Crippen molar-refractivity contribution >= 4 is 0 Å². The predicted octanol–water partition coefficient (Wildman–Crippen LogP) is 2.33. The highest BCUT2D eigenvalue weighted by molar-refractivity contribution is 5.01. The van der Waals surface area contributed by atoms with Gasteiger partial charge in [-0.05, 0) is 38.0 Å². The maximum atomic E-state index is 8.97. The highest BCUT2D eigenvalue weighted by atomic mass is 16.5. The first-order valence-electron chi connectivity index (χ1n) is 6.11. The third kappa shape index (κ3) is 3.77. The molecule has 1 rings (SSSR count). The Labute approximate surface area is 99.2 Å². The lowest BCUT2D eigenvalue weighted by molar-refractivity contribution is 0.0215. The fourth-order valence-corrected chi connectivity index (χ4v) is 2.11. The van der Waals surface area contributed by atoms with Crippen molar-refractivity contribution in [1.82, 2.24) is 5.32 Å².